The Balaban J connectivity index is 1.68. The smallest absolute Gasteiger partial charge is 0.340 e. The second-order valence-electron chi connectivity index (χ2n) is 6.98. The predicted octanol–water partition coefficient (Wildman–Crippen LogP) is 1.61. The van der Waals surface area contributed by atoms with Gasteiger partial charge in [-0.15, -0.1) is 0 Å². The Morgan fingerprint density at radius 1 is 1.06 bits per heavy atom. The fraction of sp³-hybridized carbons (Fsp3) is 0.200. The largest absolute Gasteiger partial charge is 0.452 e. The summed E-state index contributed by atoms with van der Waals surface area (Å²) in [5, 5.41) is 2.42. The van der Waals surface area contributed by atoms with E-state index in [9.17, 15) is 27.6 Å². The van der Waals surface area contributed by atoms with Gasteiger partial charge in [-0.25, -0.2) is 17.5 Å². The van der Waals surface area contributed by atoms with Crippen LogP contribution in [0.25, 0.3) is 0 Å². The van der Waals surface area contributed by atoms with Gasteiger partial charge in [0.25, 0.3) is 17.7 Å². The predicted molar refractivity (Wildman–Crippen MR) is 114 cm³/mol. The van der Waals surface area contributed by atoms with Gasteiger partial charge in [0, 0.05) is 26.8 Å². The molecule has 1 aliphatic rings. The maximum Gasteiger partial charge on any atom is 0.340 e. The van der Waals surface area contributed by atoms with E-state index in [4.69, 9.17) is 16.3 Å². The molecular weight excluding hydrogens is 462 g/mol. The van der Waals surface area contributed by atoms with E-state index in [0.717, 1.165) is 15.3 Å². The summed E-state index contributed by atoms with van der Waals surface area (Å²) in [7, 11) is 0.227. The molecule has 0 saturated heterocycles. The summed E-state index contributed by atoms with van der Waals surface area (Å²) in [6.07, 6.45) is 0. The van der Waals surface area contributed by atoms with Crippen molar-refractivity contribution >= 4 is 51.0 Å². The molecule has 10 nitrogen and oxygen atoms in total. The summed E-state index contributed by atoms with van der Waals surface area (Å²) in [5.74, 6) is -2.63. The number of hydrogen-bond acceptors (Lipinski definition) is 7. The van der Waals surface area contributed by atoms with Gasteiger partial charge < -0.3 is 10.1 Å². The Morgan fingerprint density at radius 3 is 2.38 bits per heavy atom. The van der Waals surface area contributed by atoms with E-state index in [1.165, 1.54) is 51.5 Å². The molecule has 168 valence electrons. The first-order valence-corrected chi connectivity index (χ1v) is 10.9. The maximum absolute atomic E-state index is 12.4. The van der Waals surface area contributed by atoms with Crippen LogP contribution in [0.15, 0.2) is 41.3 Å². The number of halogens is 1. The molecule has 0 spiro atoms. The fourth-order valence-electron chi connectivity index (χ4n) is 2.88. The zero-order chi connectivity index (χ0) is 23.8. The van der Waals surface area contributed by atoms with Crippen molar-refractivity contribution < 1.29 is 32.3 Å². The standard InChI is InChI=1S/C20H18ClN3O7S/c1-23(2)32(29,30)12-5-7-16(21)15(9-12)20(28)31-10-17(25)22-11-4-6-13-14(8-11)19(27)24(3)18(13)26/h4-9H,10H2,1-3H3,(H,22,25). The Bertz CT molecular complexity index is 1260. The number of ether oxygens (including phenoxy) is 1. The van der Waals surface area contributed by atoms with Crippen molar-refractivity contribution in [3.05, 3.63) is 58.1 Å². The molecule has 0 fully saturated rings. The summed E-state index contributed by atoms with van der Waals surface area (Å²) in [5.41, 5.74) is 0.396. The number of benzene rings is 2. The van der Waals surface area contributed by atoms with Crippen LogP contribution in [-0.4, -0.2) is 69.1 Å². The van der Waals surface area contributed by atoms with Crippen LogP contribution in [0.4, 0.5) is 5.69 Å². The van der Waals surface area contributed by atoms with Crippen molar-refractivity contribution in [2.45, 2.75) is 4.90 Å². The van der Waals surface area contributed by atoms with Crippen molar-refractivity contribution in [2.75, 3.05) is 33.1 Å². The molecule has 1 aliphatic heterocycles. The minimum Gasteiger partial charge on any atom is -0.452 e. The van der Waals surface area contributed by atoms with Crippen LogP contribution in [0.2, 0.25) is 5.02 Å². The molecule has 0 atom stereocenters. The first kappa shape index (κ1) is 23.4. The van der Waals surface area contributed by atoms with Crippen molar-refractivity contribution in [3.63, 3.8) is 0 Å². The minimum absolute atomic E-state index is 0.0426. The molecule has 0 unspecified atom stereocenters. The van der Waals surface area contributed by atoms with Gasteiger partial charge in [0.15, 0.2) is 6.61 Å². The molecule has 2 aromatic carbocycles. The van der Waals surface area contributed by atoms with E-state index in [1.54, 1.807) is 0 Å². The lowest BCUT2D eigenvalue weighted by molar-refractivity contribution is -0.119. The van der Waals surface area contributed by atoms with Crippen LogP contribution in [0.1, 0.15) is 31.1 Å². The lowest BCUT2D eigenvalue weighted by atomic mass is 10.1. The van der Waals surface area contributed by atoms with E-state index >= 15 is 0 Å². The molecule has 3 amide bonds. The lowest BCUT2D eigenvalue weighted by Gasteiger charge is -2.13. The van der Waals surface area contributed by atoms with Gasteiger partial charge in [-0.3, -0.25) is 19.3 Å². The summed E-state index contributed by atoms with van der Waals surface area (Å²) < 4.78 is 30.4. The topological polar surface area (TPSA) is 130 Å². The third-order valence-corrected chi connectivity index (χ3v) is 6.78. The number of imide groups is 1. The normalized spacial score (nSPS) is 13.3. The average Bonchev–Trinajstić information content (AvgIpc) is 2.95. The number of hydrogen-bond donors (Lipinski definition) is 1. The number of nitrogens with zero attached hydrogens (tertiary/aromatic N) is 2. The average molecular weight is 480 g/mol. The van der Waals surface area contributed by atoms with Gasteiger partial charge in [-0.1, -0.05) is 11.6 Å². The van der Waals surface area contributed by atoms with E-state index in [2.05, 4.69) is 5.32 Å². The molecule has 1 heterocycles. The van der Waals surface area contributed by atoms with Crippen LogP contribution >= 0.6 is 11.6 Å². The van der Waals surface area contributed by atoms with Crippen molar-refractivity contribution in [1.82, 2.24) is 9.21 Å². The van der Waals surface area contributed by atoms with Gasteiger partial charge in [0.2, 0.25) is 10.0 Å². The van der Waals surface area contributed by atoms with Crippen LogP contribution in [0.3, 0.4) is 0 Å². The number of sulfonamides is 1. The number of fused-ring (bicyclic) bond motifs is 1. The highest BCUT2D eigenvalue weighted by Crippen LogP contribution is 2.25. The number of carbonyl (C=O) groups excluding carboxylic acids is 4. The second-order valence-corrected chi connectivity index (χ2v) is 9.54. The van der Waals surface area contributed by atoms with Gasteiger partial charge in [-0.05, 0) is 36.4 Å². The third kappa shape index (κ3) is 4.35. The van der Waals surface area contributed by atoms with Crippen LogP contribution in [0.5, 0.6) is 0 Å². The molecule has 12 heteroatoms. The molecule has 1 N–H and O–H groups in total. The van der Waals surface area contributed by atoms with Crippen LogP contribution in [0, 0.1) is 0 Å². The van der Waals surface area contributed by atoms with Crippen molar-refractivity contribution in [3.8, 4) is 0 Å². The highest BCUT2D eigenvalue weighted by molar-refractivity contribution is 7.89. The number of anilines is 1. The molecule has 0 radical (unpaired) electrons. The highest BCUT2D eigenvalue weighted by Gasteiger charge is 2.32. The fourth-order valence-corrected chi connectivity index (χ4v) is 4.00. The van der Waals surface area contributed by atoms with Gasteiger partial charge in [0.1, 0.15) is 0 Å². The van der Waals surface area contributed by atoms with E-state index in [-0.39, 0.29) is 32.3 Å². The summed E-state index contributed by atoms with van der Waals surface area (Å²) >= 11 is 5.98. The molecule has 3 rings (SSSR count). The quantitative estimate of drug-likeness (QED) is 0.492. The minimum atomic E-state index is -3.81. The van der Waals surface area contributed by atoms with Gasteiger partial charge in [-0.2, -0.15) is 0 Å². The monoisotopic (exact) mass is 479 g/mol. The maximum atomic E-state index is 12.4. The SMILES string of the molecule is CN1C(=O)c2ccc(NC(=O)COC(=O)c3cc(S(=O)(=O)N(C)C)ccc3Cl)cc2C1=O. The first-order chi connectivity index (χ1) is 14.9. The number of esters is 1. The Labute approximate surface area is 188 Å². The van der Waals surface area contributed by atoms with E-state index in [0.29, 0.717) is 0 Å². The Kier molecular flexibility index (Phi) is 6.35. The van der Waals surface area contributed by atoms with Crippen LogP contribution < -0.4 is 5.32 Å². The Hall–Kier alpha value is -3.28. The van der Waals surface area contributed by atoms with Crippen molar-refractivity contribution in [1.29, 1.82) is 0 Å². The Morgan fingerprint density at radius 2 is 1.72 bits per heavy atom. The molecule has 32 heavy (non-hydrogen) atoms. The van der Waals surface area contributed by atoms with E-state index < -0.39 is 40.3 Å². The molecule has 0 saturated carbocycles. The summed E-state index contributed by atoms with van der Waals surface area (Å²) in [6, 6.07) is 7.77. The third-order valence-electron chi connectivity index (χ3n) is 4.64. The molecule has 0 aromatic heterocycles. The number of nitrogens with one attached hydrogen (secondary N) is 1. The zero-order valence-electron chi connectivity index (χ0n) is 17.2. The molecule has 0 bridgehead atoms. The zero-order valence-corrected chi connectivity index (χ0v) is 18.8. The highest BCUT2D eigenvalue weighted by atomic mass is 35.5. The molecular formula is C20H18ClN3O7S. The molecule has 2 aromatic rings. The number of amides is 3. The van der Waals surface area contributed by atoms with Crippen molar-refractivity contribution in [2.24, 2.45) is 0 Å². The number of carbonyl (C=O) groups is 4. The number of rotatable bonds is 6. The first-order valence-electron chi connectivity index (χ1n) is 9.09. The molecule has 0 aliphatic carbocycles. The van der Waals surface area contributed by atoms with Gasteiger partial charge in [0.05, 0.1) is 26.6 Å². The van der Waals surface area contributed by atoms with Gasteiger partial charge >= 0.3 is 5.97 Å². The second kappa shape index (κ2) is 8.69. The van der Waals surface area contributed by atoms with E-state index in [1.807, 2.05) is 0 Å². The van der Waals surface area contributed by atoms with Crippen LogP contribution in [-0.2, 0) is 19.6 Å². The summed E-state index contributed by atoms with van der Waals surface area (Å²) in [6.45, 7) is -0.691. The summed E-state index contributed by atoms with van der Waals surface area (Å²) in [4.78, 5) is 49.3. The lowest BCUT2D eigenvalue weighted by Crippen LogP contribution is -2.24.